The maximum atomic E-state index is 10.3. The van der Waals surface area contributed by atoms with E-state index in [0.717, 1.165) is 32.5 Å². The minimum absolute atomic E-state index is 0.144. The molecule has 1 aromatic rings. The van der Waals surface area contributed by atoms with E-state index in [0.29, 0.717) is 13.2 Å². The molecule has 0 saturated carbocycles. The van der Waals surface area contributed by atoms with Crippen LogP contribution < -0.4 is 0 Å². The molecule has 0 amide bonds. The molecule has 1 saturated heterocycles. The number of benzene rings is 1. The van der Waals surface area contributed by atoms with Gasteiger partial charge >= 0.3 is 0 Å². The minimum atomic E-state index is -0.473. The predicted molar refractivity (Wildman–Crippen MR) is 97.3 cm³/mol. The first-order valence-corrected chi connectivity index (χ1v) is 9.13. The van der Waals surface area contributed by atoms with Gasteiger partial charge in [0.05, 0.1) is 24.9 Å². The van der Waals surface area contributed by atoms with Crippen LogP contribution in [0.1, 0.15) is 43.4 Å². The van der Waals surface area contributed by atoms with Gasteiger partial charge < -0.3 is 14.6 Å². The van der Waals surface area contributed by atoms with Crippen molar-refractivity contribution in [1.82, 2.24) is 4.90 Å². The summed E-state index contributed by atoms with van der Waals surface area (Å²) in [6.07, 6.45) is 2.21. The van der Waals surface area contributed by atoms with Crippen molar-refractivity contribution in [3.63, 3.8) is 0 Å². The Morgan fingerprint density at radius 3 is 2.75 bits per heavy atom. The fraction of sp³-hybridized carbons (Fsp3) is 0.700. The summed E-state index contributed by atoms with van der Waals surface area (Å²) in [7, 11) is 0. The van der Waals surface area contributed by atoms with Crippen molar-refractivity contribution in [1.29, 1.82) is 0 Å². The molecule has 1 aliphatic heterocycles. The molecule has 0 aliphatic carbocycles. The summed E-state index contributed by atoms with van der Waals surface area (Å²) >= 11 is 0. The molecule has 2 unspecified atom stereocenters. The van der Waals surface area contributed by atoms with Crippen molar-refractivity contribution < 1.29 is 14.6 Å². The molecule has 24 heavy (non-hydrogen) atoms. The molecular weight excluding hydrogens is 302 g/mol. The largest absolute Gasteiger partial charge is 0.389 e. The van der Waals surface area contributed by atoms with Crippen LogP contribution in [0.25, 0.3) is 0 Å². The number of nitrogens with zero attached hydrogens (tertiary/aromatic N) is 1. The van der Waals surface area contributed by atoms with Crippen LogP contribution in [-0.4, -0.2) is 54.6 Å². The summed E-state index contributed by atoms with van der Waals surface area (Å²) in [6, 6.07) is 6.58. The van der Waals surface area contributed by atoms with Gasteiger partial charge in [-0.15, -0.1) is 0 Å². The summed E-state index contributed by atoms with van der Waals surface area (Å²) in [5.41, 5.74) is 3.91. The molecular formula is C20H33NO3. The molecule has 4 heteroatoms. The first-order valence-electron chi connectivity index (χ1n) is 9.13. The van der Waals surface area contributed by atoms with Crippen LogP contribution in [-0.2, 0) is 16.0 Å². The molecule has 1 aromatic carbocycles. The Balaban J connectivity index is 1.98. The summed E-state index contributed by atoms with van der Waals surface area (Å²) in [6.45, 7) is 11.8. The highest BCUT2D eigenvalue weighted by molar-refractivity contribution is 5.30. The lowest BCUT2D eigenvalue weighted by Crippen LogP contribution is -2.39. The zero-order valence-corrected chi connectivity index (χ0v) is 15.6. The topological polar surface area (TPSA) is 41.9 Å². The van der Waals surface area contributed by atoms with Gasteiger partial charge in [-0.3, -0.25) is 4.90 Å². The van der Waals surface area contributed by atoms with Gasteiger partial charge in [0.2, 0.25) is 0 Å². The van der Waals surface area contributed by atoms with Crippen molar-refractivity contribution in [3.8, 4) is 0 Å². The molecule has 1 N–H and O–H groups in total. The second-order valence-corrected chi connectivity index (χ2v) is 7.29. The second-order valence-electron chi connectivity index (χ2n) is 7.29. The van der Waals surface area contributed by atoms with E-state index in [4.69, 9.17) is 9.47 Å². The van der Waals surface area contributed by atoms with Gasteiger partial charge in [0.25, 0.3) is 0 Å². The molecule has 0 bridgehead atoms. The third-order valence-corrected chi connectivity index (χ3v) is 4.47. The van der Waals surface area contributed by atoms with Crippen LogP contribution in [0.3, 0.4) is 0 Å². The maximum Gasteiger partial charge on any atom is 0.0900 e. The number of hydrogen-bond acceptors (Lipinski definition) is 4. The van der Waals surface area contributed by atoms with Gasteiger partial charge in [-0.05, 0) is 51.7 Å². The van der Waals surface area contributed by atoms with Crippen LogP contribution in [0.5, 0.6) is 0 Å². The lowest BCUT2D eigenvalue weighted by atomic mass is 10.0. The van der Waals surface area contributed by atoms with Gasteiger partial charge in [-0.25, -0.2) is 0 Å². The molecule has 2 atom stereocenters. The van der Waals surface area contributed by atoms with Gasteiger partial charge in [0, 0.05) is 26.2 Å². The summed E-state index contributed by atoms with van der Waals surface area (Å²) in [5.74, 6) is 0. The van der Waals surface area contributed by atoms with E-state index >= 15 is 0 Å². The standard InChI is InChI=1S/C20H33NO3/c1-15(2)24-14-19(22)12-21(13-20-6-5-9-23-20)11-18-8-7-16(3)10-17(18)4/h7-8,10,15,19-20,22H,5-6,9,11-14H2,1-4H3. The number of aliphatic hydroxyl groups excluding tert-OH is 1. The Hall–Kier alpha value is -0.940. The zero-order chi connectivity index (χ0) is 17.5. The second kappa shape index (κ2) is 9.52. The van der Waals surface area contributed by atoms with Crippen molar-refractivity contribution in [2.75, 3.05) is 26.3 Å². The lowest BCUT2D eigenvalue weighted by Gasteiger charge is -2.28. The Kier molecular flexibility index (Phi) is 7.69. The average Bonchev–Trinajstić information content (AvgIpc) is 3.01. The van der Waals surface area contributed by atoms with E-state index in [1.807, 2.05) is 13.8 Å². The van der Waals surface area contributed by atoms with Gasteiger partial charge in [-0.1, -0.05) is 23.8 Å². The SMILES string of the molecule is Cc1ccc(CN(CC(O)COC(C)C)CC2CCCO2)c(C)c1. The highest BCUT2D eigenvalue weighted by atomic mass is 16.5. The van der Waals surface area contributed by atoms with Crippen LogP contribution in [0.4, 0.5) is 0 Å². The van der Waals surface area contributed by atoms with Crippen molar-refractivity contribution >= 4 is 0 Å². The Morgan fingerprint density at radius 2 is 2.12 bits per heavy atom. The van der Waals surface area contributed by atoms with Crippen LogP contribution >= 0.6 is 0 Å². The monoisotopic (exact) mass is 335 g/mol. The normalized spacial score (nSPS) is 19.4. The molecule has 0 radical (unpaired) electrons. The van der Waals surface area contributed by atoms with E-state index in [-0.39, 0.29) is 12.2 Å². The first-order chi connectivity index (χ1) is 11.4. The summed E-state index contributed by atoms with van der Waals surface area (Å²) in [4.78, 5) is 2.31. The summed E-state index contributed by atoms with van der Waals surface area (Å²) in [5, 5.41) is 10.3. The van der Waals surface area contributed by atoms with Gasteiger partial charge in [-0.2, -0.15) is 0 Å². The highest BCUT2D eigenvalue weighted by Gasteiger charge is 2.21. The number of rotatable bonds is 9. The van der Waals surface area contributed by atoms with E-state index in [1.165, 1.54) is 16.7 Å². The minimum Gasteiger partial charge on any atom is -0.389 e. The van der Waals surface area contributed by atoms with E-state index in [2.05, 4.69) is 36.9 Å². The average molecular weight is 335 g/mol. The highest BCUT2D eigenvalue weighted by Crippen LogP contribution is 2.18. The van der Waals surface area contributed by atoms with E-state index in [1.54, 1.807) is 0 Å². The molecule has 0 spiro atoms. The molecule has 0 aromatic heterocycles. The number of ether oxygens (including phenoxy) is 2. The van der Waals surface area contributed by atoms with Gasteiger partial charge in [0.15, 0.2) is 0 Å². The van der Waals surface area contributed by atoms with E-state index < -0.39 is 6.10 Å². The predicted octanol–water partition coefficient (Wildman–Crippen LogP) is 3.07. The Morgan fingerprint density at radius 1 is 1.33 bits per heavy atom. The fourth-order valence-corrected chi connectivity index (χ4v) is 3.20. The first kappa shape index (κ1) is 19.4. The number of hydrogen-bond donors (Lipinski definition) is 1. The number of aliphatic hydroxyl groups is 1. The zero-order valence-electron chi connectivity index (χ0n) is 15.6. The van der Waals surface area contributed by atoms with Crippen molar-refractivity contribution in [2.24, 2.45) is 0 Å². The Labute approximate surface area is 146 Å². The third-order valence-electron chi connectivity index (χ3n) is 4.47. The third kappa shape index (κ3) is 6.52. The van der Waals surface area contributed by atoms with E-state index in [9.17, 15) is 5.11 Å². The number of aryl methyl sites for hydroxylation is 2. The fourth-order valence-electron chi connectivity index (χ4n) is 3.20. The molecule has 1 aliphatic rings. The quantitative estimate of drug-likeness (QED) is 0.753. The molecule has 2 rings (SSSR count). The van der Waals surface area contributed by atoms with Crippen molar-refractivity contribution in [3.05, 3.63) is 34.9 Å². The lowest BCUT2D eigenvalue weighted by molar-refractivity contribution is -0.0172. The van der Waals surface area contributed by atoms with Crippen LogP contribution in [0.15, 0.2) is 18.2 Å². The molecule has 4 nitrogen and oxygen atoms in total. The molecule has 1 heterocycles. The smallest absolute Gasteiger partial charge is 0.0900 e. The molecule has 1 fully saturated rings. The van der Waals surface area contributed by atoms with Crippen LogP contribution in [0, 0.1) is 13.8 Å². The molecule has 136 valence electrons. The summed E-state index contributed by atoms with van der Waals surface area (Å²) < 4.78 is 11.4. The maximum absolute atomic E-state index is 10.3. The van der Waals surface area contributed by atoms with Crippen molar-refractivity contribution in [2.45, 2.75) is 65.4 Å². The van der Waals surface area contributed by atoms with Crippen LogP contribution in [0.2, 0.25) is 0 Å². The van der Waals surface area contributed by atoms with Gasteiger partial charge in [0.1, 0.15) is 0 Å². The Bertz CT molecular complexity index is 498.